The predicted molar refractivity (Wildman–Crippen MR) is 117 cm³/mol. The van der Waals surface area contributed by atoms with Crippen molar-refractivity contribution in [3.63, 3.8) is 0 Å². The molecule has 4 nitrogen and oxygen atoms in total. The van der Waals surface area contributed by atoms with Gasteiger partial charge in [-0.25, -0.2) is 0 Å². The van der Waals surface area contributed by atoms with Crippen molar-refractivity contribution in [1.29, 1.82) is 0 Å². The summed E-state index contributed by atoms with van der Waals surface area (Å²) in [6, 6.07) is 9.94. The van der Waals surface area contributed by atoms with E-state index in [1.165, 1.54) is 30.3 Å². The van der Waals surface area contributed by atoms with Crippen LogP contribution in [-0.4, -0.2) is 27.3 Å². The fraction of sp³-hybridized carbons (Fsp3) is 0.440. The standard InChI is InChI=1S/C25H27F3N2O2/c1-2-3-9-22-29-24(12-4-5-13-24)23(32)30(22)16-17-10-11-20(21(14-17)25(26,27)28)18-7-6-8-19(31)15-18/h6-8,10-11,14-15,31H,2-5,9,12-13,16H2,1H3. The number of aliphatic imine (C=N–C) groups is 1. The van der Waals surface area contributed by atoms with E-state index in [4.69, 9.17) is 4.99 Å². The minimum atomic E-state index is -4.57. The number of hydrogen-bond acceptors (Lipinski definition) is 3. The molecule has 170 valence electrons. The average Bonchev–Trinajstić information content (AvgIpc) is 3.32. The second-order valence-electron chi connectivity index (χ2n) is 8.69. The Labute approximate surface area is 185 Å². The summed E-state index contributed by atoms with van der Waals surface area (Å²) in [4.78, 5) is 19.7. The first-order valence-electron chi connectivity index (χ1n) is 11.1. The summed E-state index contributed by atoms with van der Waals surface area (Å²) in [5, 5.41) is 9.70. The molecule has 1 aliphatic heterocycles. The quantitative estimate of drug-likeness (QED) is 0.567. The number of phenolic OH excluding ortho intramolecular Hbond substituents is 1. The average molecular weight is 444 g/mol. The van der Waals surface area contributed by atoms with Crippen molar-refractivity contribution < 1.29 is 23.1 Å². The molecule has 1 aliphatic carbocycles. The van der Waals surface area contributed by atoms with Crippen molar-refractivity contribution in [1.82, 2.24) is 4.90 Å². The van der Waals surface area contributed by atoms with Crippen LogP contribution in [-0.2, 0) is 17.5 Å². The highest BCUT2D eigenvalue weighted by molar-refractivity contribution is 6.08. The second-order valence-corrected chi connectivity index (χ2v) is 8.69. The van der Waals surface area contributed by atoms with Crippen LogP contribution in [0, 0.1) is 0 Å². The zero-order valence-corrected chi connectivity index (χ0v) is 18.1. The zero-order chi connectivity index (χ0) is 22.9. The minimum Gasteiger partial charge on any atom is -0.508 e. The molecule has 7 heteroatoms. The molecule has 2 aromatic carbocycles. The van der Waals surface area contributed by atoms with E-state index >= 15 is 0 Å². The van der Waals surface area contributed by atoms with Crippen molar-refractivity contribution in [3.05, 3.63) is 53.6 Å². The van der Waals surface area contributed by atoms with Gasteiger partial charge in [0.25, 0.3) is 5.91 Å². The fourth-order valence-electron chi connectivity index (χ4n) is 4.73. The van der Waals surface area contributed by atoms with Crippen LogP contribution in [0.15, 0.2) is 47.5 Å². The third-order valence-electron chi connectivity index (χ3n) is 6.37. The molecule has 1 saturated carbocycles. The largest absolute Gasteiger partial charge is 0.508 e. The summed E-state index contributed by atoms with van der Waals surface area (Å²) in [5.74, 6) is 0.525. The molecule has 32 heavy (non-hydrogen) atoms. The number of phenols is 1. The zero-order valence-electron chi connectivity index (χ0n) is 18.1. The minimum absolute atomic E-state index is 0.00275. The smallest absolute Gasteiger partial charge is 0.417 e. The van der Waals surface area contributed by atoms with Crippen molar-refractivity contribution in [2.75, 3.05) is 0 Å². The number of unbranched alkanes of at least 4 members (excludes halogenated alkanes) is 1. The Morgan fingerprint density at radius 2 is 1.88 bits per heavy atom. The topological polar surface area (TPSA) is 52.9 Å². The molecule has 2 aromatic rings. The van der Waals surface area contributed by atoms with Gasteiger partial charge in [0.1, 0.15) is 17.1 Å². The van der Waals surface area contributed by atoms with Crippen molar-refractivity contribution >= 4 is 11.7 Å². The van der Waals surface area contributed by atoms with E-state index in [1.54, 1.807) is 11.0 Å². The molecule has 0 aromatic heterocycles. The molecule has 1 fully saturated rings. The second kappa shape index (κ2) is 8.60. The van der Waals surface area contributed by atoms with E-state index < -0.39 is 17.3 Å². The van der Waals surface area contributed by atoms with Crippen LogP contribution in [0.25, 0.3) is 11.1 Å². The number of nitrogens with zero attached hydrogens (tertiary/aromatic N) is 2. The van der Waals surface area contributed by atoms with Gasteiger partial charge in [0.2, 0.25) is 0 Å². The number of amides is 1. The highest BCUT2D eigenvalue weighted by Gasteiger charge is 2.49. The van der Waals surface area contributed by atoms with E-state index in [0.29, 0.717) is 30.7 Å². The monoisotopic (exact) mass is 444 g/mol. The van der Waals surface area contributed by atoms with Gasteiger partial charge >= 0.3 is 6.18 Å². The van der Waals surface area contributed by atoms with E-state index in [2.05, 4.69) is 6.92 Å². The van der Waals surface area contributed by atoms with Crippen LogP contribution in [0.5, 0.6) is 5.75 Å². The van der Waals surface area contributed by atoms with Crippen LogP contribution in [0.3, 0.4) is 0 Å². The molecule has 1 N–H and O–H groups in total. The number of carbonyl (C=O) groups is 1. The molecule has 0 unspecified atom stereocenters. The third kappa shape index (κ3) is 4.25. The number of carbonyl (C=O) groups excluding carboxylic acids is 1. The Balaban J connectivity index is 1.68. The summed E-state index contributed by atoms with van der Waals surface area (Å²) < 4.78 is 41.8. The van der Waals surface area contributed by atoms with Crippen molar-refractivity contribution in [2.24, 2.45) is 4.99 Å². The summed E-state index contributed by atoms with van der Waals surface area (Å²) >= 11 is 0. The summed E-state index contributed by atoms with van der Waals surface area (Å²) in [5.41, 5.74) is -0.797. The first kappa shape index (κ1) is 22.4. The number of benzene rings is 2. The van der Waals surface area contributed by atoms with Gasteiger partial charge in [-0.3, -0.25) is 14.7 Å². The number of halogens is 3. The number of alkyl halides is 3. The maximum Gasteiger partial charge on any atom is 0.417 e. The van der Waals surface area contributed by atoms with Gasteiger partial charge in [0, 0.05) is 6.42 Å². The molecule has 0 atom stereocenters. The molecule has 0 radical (unpaired) electrons. The molecule has 1 spiro atoms. The summed E-state index contributed by atoms with van der Waals surface area (Å²) in [7, 11) is 0. The van der Waals surface area contributed by atoms with Crippen LogP contribution in [0.2, 0.25) is 0 Å². The van der Waals surface area contributed by atoms with Crippen molar-refractivity contribution in [3.8, 4) is 16.9 Å². The molecule has 0 saturated heterocycles. The molecule has 2 aliphatic rings. The molecular formula is C25H27F3N2O2. The molecule has 4 rings (SSSR count). The highest BCUT2D eigenvalue weighted by Crippen LogP contribution is 2.41. The number of rotatable bonds is 6. The van der Waals surface area contributed by atoms with Gasteiger partial charge in [-0.05, 0) is 54.2 Å². The van der Waals surface area contributed by atoms with Crippen LogP contribution in [0.1, 0.15) is 63.0 Å². The van der Waals surface area contributed by atoms with Crippen LogP contribution in [0.4, 0.5) is 13.2 Å². The lowest BCUT2D eigenvalue weighted by Crippen LogP contribution is -2.40. The maximum absolute atomic E-state index is 13.9. The number of amidine groups is 1. The fourth-order valence-corrected chi connectivity index (χ4v) is 4.73. The Kier molecular flexibility index (Phi) is 6.01. The SMILES string of the molecule is CCCCC1=NC2(CCCC2)C(=O)N1Cc1ccc(-c2cccc(O)c2)c(C(F)(F)F)c1. The molecule has 1 heterocycles. The maximum atomic E-state index is 13.9. The van der Waals surface area contributed by atoms with E-state index in [1.807, 2.05) is 0 Å². The van der Waals surface area contributed by atoms with Crippen molar-refractivity contribution in [2.45, 2.75) is 70.1 Å². The van der Waals surface area contributed by atoms with Crippen LogP contribution >= 0.6 is 0 Å². The summed E-state index contributed by atoms with van der Waals surface area (Å²) in [6.45, 7) is 2.13. The lowest BCUT2D eigenvalue weighted by atomic mass is 9.96. The van der Waals surface area contributed by atoms with Gasteiger partial charge in [-0.1, -0.05) is 50.5 Å². The molecular weight excluding hydrogens is 417 g/mol. The van der Waals surface area contributed by atoms with E-state index in [0.717, 1.165) is 31.7 Å². The molecule has 0 bridgehead atoms. The van der Waals surface area contributed by atoms with E-state index in [9.17, 15) is 23.1 Å². The van der Waals surface area contributed by atoms with Gasteiger partial charge in [0.15, 0.2) is 0 Å². The predicted octanol–water partition coefficient (Wildman–Crippen LogP) is 6.32. The Morgan fingerprint density at radius 3 is 2.53 bits per heavy atom. The first-order chi connectivity index (χ1) is 15.2. The van der Waals surface area contributed by atoms with Gasteiger partial charge in [-0.15, -0.1) is 0 Å². The van der Waals surface area contributed by atoms with Gasteiger partial charge in [0.05, 0.1) is 12.1 Å². The number of hydrogen-bond donors (Lipinski definition) is 1. The van der Waals surface area contributed by atoms with E-state index in [-0.39, 0.29) is 29.3 Å². The molecule has 1 amide bonds. The highest BCUT2D eigenvalue weighted by atomic mass is 19.4. The Bertz CT molecular complexity index is 1040. The van der Waals surface area contributed by atoms with Gasteiger partial charge < -0.3 is 5.11 Å². The number of aromatic hydroxyl groups is 1. The summed E-state index contributed by atoms with van der Waals surface area (Å²) in [6.07, 6.45) is 1.22. The van der Waals surface area contributed by atoms with Crippen LogP contribution < -0.4 is 0 Å². The lowest BCUT2D eigenvalue weighted by molar-refractivity contribution is -0.137. The first-order valence-corrected chi connectivity index (χ1v) is 11.1. The Morgan fingerprint density at radius 1 is 1.12 bits per heavy atom. The Hall–Kier alpha value is -2.83. The van der Waals surface area contributed by atoms with Gasteiger partial charge in [-0.2, -0.15) is 13.2 Å². The third-order valence-corrected chi connectivity index (χ3v) is 6.37. The lowest BCUT2D eigenvalue weighted by Gasteiger charge is -2.23. The normalized spacial score (nSPS) is 17.9.